The van der Waals surface area contributed by atoms with Crippen LogP contribution in [0.3, 0.4) is 0 Å². The van der Waals surface area contributed by atoms with Gasteiger partial charge in [-0.2, -0.15) is 0 Å². The molecule has 0 saturated carbocycles. The first-order valence-electron chi connectivity index (χ1n) is 7.02. The van der Waals surface area contributed by atoms with E-state index >= 15 is 0 Å². The van der Waals surface area contributed by atoms with Crippen LogP contribution in [0, 0.1) is 0 Å². The van der Waals surface area contributed by atoms with Crippen molar-refractivity contribution in [3.63, 3.8) is 0 Å². The zero-order valence-electron chi connectivity index (χ0n) is 12.0. The van der Waals surface area contributed by atoms with Crippen LogP contribution in [0.4, 0.5) is 0 Å². The number of fused-ring (bicyclic) bond motifs is 2. The van der Waals surface area contributed by atoms with E-state index < -0.39 is 0 Å². The molecule has 4 nitrogen and oxygen atoms in total. The van der Waals surface area contributed by atoms with E-state index in [-0.39, 0.29) is 5.97 Å². The van der Waals surface area contributed by atoms with Gasteiger partial charge in [0.1, 0.15) is 11.3 Å². The summed E-state index contributed by atoms with van der Waals surface area (Å²) in [6, 6.07) is 11.6. The summed E-state index contributed by atoms with van der Waals surface area (Å²) >= 11 is 0. The minimum atomic E-state index is -0.335. The van der Waals surface area contributed by atoms with Crippen molar-refractivity contribution in [2.24, 2.45) is 0 Å². The second-order valence-corrected chi connectivity index (χ2v) is 5.21. The van der Waals surface area contributed by atoms with E-state index in [1.54, 1.807) is 12.3 Å². The number of nitrogens with zero attached hydrogens (tertiary/aromatic N) is 1. The van der Waals surface area contributed by atoms with Gasteiger partial charge in [0, 0.05) is 23.6 Å². The van der Waals surface area contributed by atoms with Crippen LogP contribution in [-0.2, 0) is 11.2 Å². The van der Waals surface area contributed by atoms with Crippen LogP contribution < -0.4 is 0 Å². The molecule has 0 atom stereocenters. The molecular weight excluding hydrogens is 278 g/mol. The van der Waals surface area contributed by atoms with Crippen LogP contribution in [0.15, 0.2) is 47.0 Å². The molecule has 0 amide bonds. The number of carbonyl (C=O) groups excluding carboxylic acids is 1. The fourth-order valence-corrected chi connectivity index (χ4v) is 2.82. The van der Waals surface area contributed by atoms with E-state index in [1.165, 1.54) is 7.11 Å². The summed E-state index contributed by atoms with van der Waals surface area (Å²) < 4.78 is 10.7. The molecule has 1 aliphatic rings. The van der Waals surface area contributed by atoms with Gasteiger partial charge in [0.15, 0.2) is 0 Å². The highest BCUT2D eigenvalue weighted by Crippen LogP contribution is 2.35. The molecule has 0 saturated heterocycles. The Bertz CT molecular complexity index is 888. The number of para-hydroxylation sites is 1. The van der Waals surface area contributed by atoms with E-state index in [2.05, 4.69) is 4.98 Å². The zero-order valence-corrected chi connectivity index (χ0v) is 12.0. The van der Waals surface area contributed by atoms with Crippen molar-refractivity contribution in [3.05, 3.63) is 65.2 Å². The molecule has 4 heteroatoms. The molecule has 2 aromatic heterocycles. The number of hydrogen-bond acceptors (Lipinski definition) is 4. The van der Waals surface area contributed by atoms with Crippen molar-refractivity contribution in [2.75, 3.05) is 7.11 Å². The SMILES string of the molecule is COC(=O)c1ccnc2c1CC(c1cc3ccccc3o1)=C2. The molecule has 0 aliphatic heterocycles. The van der Waals surface area contributed by atoms with Gasteiger partial charge in [-0.3, -0.25) is 4.98 Å². The highest BCUT2D eigenvalue weighted by Gasteiger charge is 2.23. The van der Waals surface area contributed by atoms with Crippen molar-refractivity contribution in [1.82, 2.24) is 4.98 Å². The lowest BCUT2D eigenvalue weighted by Gasteiger charge is -2.05. The number of benzene rings is 1. The van der Waals surface area contributed by atoms with Crippen LogP contribution in [0.25, 0.3) is 22.6 Å². The van der Waals surface area contributed by atoms with Crippen LogP contribution in [-0.4, -0.2) is 18.1 Å². The number of hydrogen-bond donors (Lipinski definition) is 0. The van der Waals surface area contributed by atoms with Gasteiger partial charge in [0.25, 0.3) is 0 Å². The fraction of sp³-hybridized carbons (Fsp3) is 0.111. The summed E-state index contributed by atoms with van der Waals surface area (Å²) in [5, 5.41) is 1.07. The number of ether oxygens (including phenoxy) is 1. The number of carbonyl (C=O) groups is 1. The average Bonchev–Trinajstić information content (AvgIpc) is 3.16. The Hall–Kier alpha value is -2.88. The summed E-state index contributed by atoms with van der Waals surface area (Å²) in [7, 11) is 1.39. The summed E-state index contributed by atoms with van der Waals surface area (Å²) in [4.78, 5) is 16.2. The Kier molecular flexibility index (Phi) is 2.82. The largest absolute Gasteiger partial charge is 0.465 e. The Labute approximate surface area is 127 Å². The summed E-state index contributed by atoms with van der Waals surface area (Å²) in [6.45, 7) is 0. The molecule has 0 radical (unpaired) electrons. The number of furan rings is 1. The monoisotopic (exact) mass is 291 g/mol. The van der Waals surface area contributed by atoms with E-state index in [1.807, 2.05) is 36.4 Å². The van der Waals surface area contributed by atoms with Gasteiger partial charge in [-0.15, -0.1) is 0 Å². The smallest absolute Gasteiger partial charge is 0.338 e. The third-order valence-corrected chi connectivity index (χ3v) is 3.91. The van der Waals surface area contributed by atoms with Crippen LogP contribution in [0.1, 0.15) is 27.4 Å². The van der Waals surface area contributed by atoms with Crippen molar-refractivity contribution in [3.8, 4) is 0 Å². The number of pyridine rings is 1. The first-order chi connectivity index (χ1) is 10.8. The number of aromatic nitrogens is 1. The van der Waals surface area contributed by atoms with Gasteiger partial charge in [0.2, 0.25) is 0 Å². The minimum Gasteiger partial charge on any atom is -0.465 e. The molecule has 0 bridgehead atoms. The first kappa shape index (κ1) is 12.8. The Balaban J connectivity index is 1.76. The molecule has 1 aliphatic carbocycles. The summed E-state index contributed by atoms with van der Waals surface area (Å²) in [5.74, 6) is 0.480. The molecular formula is C18H13NO3. The molecule has 2 heterocycles. The van der Waals surface area contributed by atoms with Crippen molar-refractivity contribution >= 4 is 28.6 Å². The van der Waals surface area contributed by atoms with E-state index in [0.717, 1.165) is 33.6 Å². The Morgan fingerprint density at radius 2 is 2.14 bits per heavy atom. The second-order valence-electron chi connectivity index (χ2n) is 5.21. The van der Waals surface area contributed by atoms with E-state index in [0.29, 0.717) is 12.0 Å². The normalized spacial score (nSPS) is 13.0. The van der Waals surface area contributed by atoms with Crippen molar-refractivity contribution in [2.45, 2.75) is 6.42 Å². The average molecular weight is 291 g/mol. The lowest BCUT2D eigenvalue weighted by molar-refractivity contribution is 0.0599. The Morgan fingerprint density at radius 3 is 2.95 bits per heavy atom. The molecule has 3 aromatic rings. The molecule has 1 aromatic carbocycles. The molecule has 0 unspecified atom stereocenters. The highest BCUT2D eigenvalue weighted by atomic mass is 16.5. The molecule has 22 heavy (non-hydrogen) atoms. The molecule has 0 N–H and O–H groups in total. The number of esters is 1. The quantitative estimate of drug-likeness (QED) is 0.675. The van der Waals surface area contributed by atoms with Crippen LogP contribution in [0.2, 0.25) is 0 Å². The van der Waals surface area contributed by atoms with E-state index in [9.17, 15) is 4.79 Å². The van der Waals surface area contributed by atoms with Gasteiger partial charge >= 0.3 is 5.97 Å². The maximum atomic E-state index is 11.9. The van der Waals surface area contributed by atoms with E-state index in [4.69, 9.17) is 9.15 Å². The van der Waals surface area contributed by atoms with Gasteiger partial charge < -0.3 is 9.15 Å². The first-order valence-corrected chi connectivity index (χ1v) is 7.02. The van der Waals surface area contributed by atoms with Gasteiger partial charge in [-0.05, 0) is 29.8 Å². The number of rotatable bonds is 2. The maximum absolute atomic E-state index is 11.9. The zero-order chi connectivity index (χ0) is 15.1. The number of allylic oxidation sites excluding steroid dienone is 1. The standard InChI is InChI=1S/C18H13NO3/c1-21-18(20)13-6-7-19-15-9-12(8-14(13)15)17-10-11-4-2-3-5-16(11)22-17/h2-7,9-10H,8H2,1H3. The van der Waals surface area contributed by atoms with Crippen LogP contribution in [0.5, 0.6) is 0 Å². The predicted octanol–water partition coefficient (Wildman–Crippen LogP) is 3.71. The minimum absolute atomic E-state index is 0.335. The Morgan fingerprint density at radius 1 is 1.27 bits per heavy atom. The number of methoxy groups -OCH3 is 1. The fourth-order valence-electron chi connectivity index (χ4n) is 2.82. The van der Waals surface area contributed by atoms with Crippen molar-refractivity contribution in [1.29, 1.82) is 0 Å². The van der Waals surface area contributed by atoms with Crippen LogP contribution >= 0.6 is 0 Å². The third kappa shape index (κ3) is 1.92. The second kappa shape index (κ2) is 4.84. The maximum Gasteiger partial charge on any atom is 0.338 e. The van der Waals surface area contributed by atoms with Gasteiger partial charge in [-0.25, -0.2) is 4.79 Å². The van der Waals surface area contributed by atoms with Gasteiger partial charge in [-0.1, -0.05) is 18.2 Å². The van der Waals surface area contributed by atoms with Crippen molar-refractivity contribution < 1.29 is 13.9 Å². The van der Waals surface area contributed by atoms with Gasteiger partial charge in [0.05, 0.1) is 18.4 Å². The topological polar surface area (TPSA) is 52.3 Å². The lowest BCUT2D eigenvalue weighted by Crippen LogP contribution is -2.06. The molecule has 108 valence electrons. The predicted molar refractivity (Wildman–Crippen MR) is 83.4 cm³/mol. The summed E-state index contributed by atoms with van der Waals surface area (Å²) in [5.41, 5.74) is 4.14. The molecule has 4 rings (SSSR count). The molecule has 0 spiro atoms. The third-order valence-electron chi connectivity index (χ3n) is 3.91. The lowest BCUT2D eigenvalue weighted by atomic mass is 10.0. The molecule has 0 fully saturated rings. The summed E-state index contributed by atoms with van der Waals surface area (Å²) in [6.07, 6.45) is 4.22. The highest BCUT2D eigenvalue weighted by molar-refractivity contribution is 5.97.